The maximum Gasteiger partial charge on any atom is 0.260 e. The van der Waals surface area contributed by atoms with Gasteiger partial charge in [0.05, 0.1) is 0 Å². The summed E-state index contributed by atoms with van der Waals surface area (Å²) in [5, 5.41) is 0. The van der Waals surface area contributed by atoms with Crippen molar-refractivity contribution in [3.63, 3.8) is 0 Å². The third kappa shape index (κ3) is 3.93. The molecule has 0 radical (unpaired) electrons. The van der Waals surface area contributed by atoms with Crippen LogP contribution in [0.2, 0.25) is 0 Å². The van der Waals surface area contributed by atoms with Gasteiger partial charge in [0.15, 0.2) is 18.2 Å². The van der Waals surface area contributed by atoms with Crippen LogP contribution in [0.25, 0.3) is 0 Å². The summed E-state index contributed by atoms with van der Waals surface area (Å²) in [6.45, 7) is 4.26. The van der Waals surface area contributed by atoms with Crippen LogP contribution in [0.1, 0.15) is 18.7 Å². The molecule has 1 saturated heterocycles. The number of benzene rings is 1. The Balaban J connectivity index is 1.45. The minimum atomic E-state index is -0.445. The number of para-hydroxylation sites is 1. The van der Waals surface area contributed by atoms with E-state index in [0.717, 1.165) is 38.3 Å². The number of piperidine rings is 1. The quantitative estimate of drug-likeness (QED) is 0.846. The second-order valence-electron chi connectivity index (χ2n) is 6.17. The standard InChI is InChI=1S/C18H22FN3O2/c1-14-20-8-11-22(14)12-15-6-9-21(10-7-15)18(23)13-24-17-5-3-2-4-16(17)19/h2-5,8,11,15H,6-7,9-10,12-13H2,1H3. The van der Waals surface area contributed by atoms with Crippen molar-refractivity contribution in [3.05, 3.63) is 48.3 Å². The van der Waals surface area contributed by atoms with E-state index in [1.807, 2.05) is 19.3 Å². The average Bonchev–Trinajstić information content (AvgIpc) is 2.99. The van der Waals surface area contributed by atoms with Crippen LogP contribution in [-0.2, 0) is 11.3 Å². The molecule has 6 heteroatoms. The summed E-state index contributed by atoms with van der Waals surface area (Å²) in [6.07, 6.45) is 5.73. The van der Waals surface area contributed by atoms with Crippen molar-refractivity contribution in [1.82, 2.24) is 14.5 Å². The van der Waals surface area contributed by atoms with Crippen LogP contribution in [-0.4, -0.2) is 40.1 Å². The van der Waals surface area contributed by atoms with E-state index in [2.05, 4.69) is 9.55 Å². The Bertz CT molecular complexity index is 693. The van der Waals surface area contributed by atoms with Crippen molar-refractivity contribution in [2.75, 3.05) is 19.7 Å². The number of amides is 1. The molecule has 0 saturated carbocycles. The van der Waals surface area contributed by atoms with E-state index in [9.17, 15) is 9.18 Å². The van der Waals surface area contributed by atoms with E-state index in [0.29, 0.717) is 5.92 Å². The van der Waals surface area contributed by atoms with Crippen LogP contribution in [0.5, 0.6) is 5.75 Å². The predicted octanol–water partition coefficient (Wildman–Crippen LogP) is 2.65. The first kappa shape index (κ1) is 16.5. The van der Waals surface area contributed by atoms with Gasteiger partial charge in [0.1, 0.15) is 5.82 Å². The lowest BCUT2D eigenvalue weighted by molar-refractivity contribution is -0.134. The molecular weight excluding hydrogens is 309 g/mol. The Labute approximate surface area is 141 Å². The SMILES string of the molecule is Cc1nccn1CC1CCN(C(=O)COc2ccccc2F)CC1. The summed E-state index contributed by atoms with van der Waals surface area (Å²) in [5.74, 6) is 1.16. The van der Waals surface area contributed by atoms with Crippen LogP contribution in [0, 0.1) is 18.7 Å². The van der Waals surface area contributed by atoms with Gasteiger partial charge in [0.2, 0.25) is 0 Å². The van der Waals surface area contributed by atoms with E-state index >= 15 is 0 Å². The lowest BCUT2D eigenvalue weighted by atomic mass is 9.96. The molecule has 1 aromatic carbocycles. The van der Waals surface area contributed by atoms with Crippen LogP contribution in [0.3, 0.4) is 0 Å². The molecule has 1 fully saturated rings. The number of hydrogen-bond acceptors (Lipinski definition) is 3. The minimum absolute atomic E-state index is 0.0875. The van der Waals surface area contributed by atoms with Crippen molar-refractivity contribution in [3.8, 4) is 5.75 Å². The molecule has 1 amide bonds. The van der Waals surface area contributed by atoms with Crippen LogP contribution >= 0.6 is 0 Å². The Hall–Kier alpha value is -2.37. The number of ether oxygens (including phenoxy) is 1. The highest BCUT2D eigenvalue weighted by molar-refractivity contribution is 5.77. The molecular formula is C18H22FN3O2. The molecule has 0 N–H and O–H groups in total. The van der Waals surface area contributed by atoms with Crippen LogP contribution in [0.15, 0.2) is 36.7 Å². The van der Waals surface area contributed by atoms with Crippen molar-refractivity contribution in [2.45, 2.75) is 26.3 Å². The van der Waals surface area contributed by atoms with Gasteiger partial charge in [0, 0.05) is 32.0 Å². The summed E-state index contributed by atoms with van der Waals surface area (Å²) < 4.78 is 20.9. The van der Waals surface area contributed by atoms with E-state index < -0.39 is 5.82 Å². The fraction of sp³-hybridized carbons (Fsp3) is 0.444. The largest absolute Gasteiger partial charge is 0.481 e. The number of likely N-dealkylation sites (tertiary alicyclic amines) is 1. The minimum Gasteiger partial charge on any atom is -0.481 e. The molecule has 2 heterocycles. The van der Waals surface area contributed by atoms with Crippen molar-refractivity contribution < 1.29 is 13.9 Å². The van der Waals surface area contributed by atoms with Gasteiger partial charge in [-0.1, -0.05) is 12.1 Å². The summed E-state index contributed by atoms with van der Waals surface area (Å²) in [5.41, 5.74) is 0. The number of aromatic nitrogens is 2. The molecule has 3 rings (SSSR count). The maximum atomic E-state index is 13.5. The van der Waals surface area contributed by atoms with Gasteiger partial charge in [-0.15, -0.1) is 0 Å². The molecule has 0 unspecified atom stereocenters. The highest BCUT2D eigenvalue weighted by Crippen LogP contribution is 2.20. The van der Waals surface area contributed by atoms with E-state index in [4.69, 9.17) is 4.74 Å². The zero-order valence-corrected chi connectivity index (χ0v) is 13.8. The third-order valence-corrected chi connectivity index (χ3v) is 4.53. The molecule has 0 bridgehead atoms. The first-order valence-corrected chi connectivity index (χ1v) is 8.26. The molecule has 5 nitrogen and oxygen atoms in total. The molecule has 1 aliphatic rings. The lowest BCUT2D eigenvalue weighted by Gasteiger charge is -2.32. The van der Waals surface area contributed by atoms with E-state index in [1.54, 1.807) is 17.0 Å². The van der Waals surface area contributed by atoms with Gasteiger partial charge >= 0.3 is 0 Å². The van der Waals surface area contributed by atoms with Crippen molar-refractivity contribution in [2.24, 2.45) is 5.92 Å². The van der Waals surface area contributed by atoms with Gasteiger partial charge < -0.3 is 14.2 Å². The Morgan fingerprint density at radius 2 is 2.08 bits per heavy atom. The zero-order valence-electron chi connectivity index (χ0n) is 13.8. The molecule has 0 spiro atoms. The van der Waals surface area contributed by atoms with Crippen LogP contribution in [0.4, 0.5) is 4.39 Å². The second kappa shape index (κ2) is 7.47. The summed E-state index contributed by atoms with van der Waals surface area (Å²) in [7, 11) is 0. The van der Waals surface area contributed by atoms with Crippen molar-refractivity contribution in [1.29, 1.82) is 0 Å². The number of halogens is 1. The number of nitrogens with zero attached hydrogens (tertiary/aromatic N) is 3. The van der Waals surface area contributed by atoms with Crippen LogP contribution < -0.4 is 4.74 Å². The van der Waals surface area contributed by atoms with Gasteiger partial charge in [-0.25, -0.2) is 9.37 Å². The summed E-state index contributed by atoms with van der Waals surface area (Å²) in [6, 6.07) is 6.13. The topological polar surface area (TPSA) is 47.4 Å². The van der Waals surface area contributed by atoms with Gasteiger partial charge in [-0.2, -0.15) is 0 Å². The third-order valence-electron chi connectivity index (χ3n) is 4.53. The number of carbonyl (C=O) groups excluding carboxylic acids is 1. The van der Waals surface area contributed by atoms with Gasteiger partial charge in [-0.05, 0) is 37.8 Å². The smallest absolute Gasteiger partial charge is 0.260 e. The van der Waals surface area contributed by atoms with Gasteiger partial charge in [-0.3, -0.25) is 4.79 Å². The van der Waals surface area contributed by atoms with Crippen molar-refractivity contribution >= 4 is 5.91 Å². The molecule has 1 aromatic heterocycles. The molecule has 24 heavy (non-hydrogen) atoms. The predicted molar refractivity (Wildman–Crippen MR) is 88.2 cm³/mol. The average molecular weight is 331 g/mol. The second-order valence-corrected chi connectivity index (χ2v) is 6.17. The fourth-order valence-electron chi connectivity index (χ4n) is 3.03. The number of hydrogen-bond donors (Lipinski definition) is 0. The van der Waals surface area contributed by atoms with Gasteiger partial charge in [0.25, 0.3) is 5.91 Å². The summed E-state index contributed by atoms with van der Waals surface area (Å²) in [4.78, 5) is 18.3. The monoisotopic (exact) mass is 331 g/mol. The highest BCUT2D eigenvalue weighted by atomic mass is 19.1. The molecule has 1 aliphatic heterocycles. The zero-order chi connectivity index (χ0) is 16.9. The maximum absolute atomic E-state index is 13.5. The van der Waals surface area contributed by atoms with E-state index in [1.165, 1.54) is 12.1 Å². The fourth-order valence-corrected chi connectivity index (χ4v) is 3.03. The number of imidazole rings is 1. The Morgan fingerprint density at radius 1 is 1.33 bits per heavy atom. The lowest BCUT2D eigenvalue weighted by Crippen LogP contribution is -2.41. The Morgan fingerprint density at radius 3 is 2.75 bits per heavy atom. The molecule has 0 atom stereocenters. The number of aryl methyl sites for hydroxylation is 1. The molecule has 2 aromatic rings. The summed E-state index contributed by atoms with van der Waals surface area (Å²) >= 11 is 0. The number of rotatable bonds is 5. The molecule has 128 valence electrons. The first-order valence-electron chi connectivity index (χ1n) is 8.26. The molecule has 0 aliphatic carbocycles. The highest BCUT2D eigenvalue weighted by Gasteiger charge is 2.23. The number of carbonyl (C=O) groups is 1. The van der Waals surface area contributed by atoms with E-state index in [-0.39, 0.29) is 18.3 Å². The Kier molecular flexibility index (Phi) is 5.13. The normalized spacial score (nSPS) is 15.5. The first-order chi connectivity index (χ1) is 11.6.